The van der Waals surface area contributed by atoms with Gasteiger partial charge in [0.25, 0.3) is 15.9 Å². The molecule has 1 amide bonds. The van der Waals surface area contributed by atoms with Gasteiger partial charge in [-0.25, -0.2) is 0 Å². The highest BCUT2D eigenvalue weighted by Crippen LogP contribution is 2.21. The van der Waals surface area contributed by atoms with Gasteiger partial charge in [-0.1, -0.05) is 29.8 Å². The minimum Gasteiger partial charge on any atom is -0.466 e. The molecule has 0 radical (unpaired) electrons. The highest BCUT2D eigenvalue weighted by atomic mass is 32.2. The lowest BCUT2D eigenvalue weighted by Crippen LogP contribution is -2.40. The third kappa shape index (κ3) is 6.11. The van der Waals surface area contributed by atoms with E-state index in [9.17, 15) is 18.0 Å². The van der Waals surface area contributed by atoms with Crippen LogP contribution < -0.4 is 4.80 Å². The van der Waals surface area contributed by atoms with Gasteiger partial charge in [-0.2, -0.15) is 8.42 Å². The number of ether oxygens (including phenoxy) is 1. The fraction of sp³-hybridized carbons (Fsp3) is 0.346. The summed E-state index contributed by atoms with van der Waals surface area (Å²) in [4.78, 5) is 27.3. The smallest absolute Gasteiger partial charge is 0.309 e. The van der Waals surface area contributed by atoms with E-state index in [2.05, 4.69) is 4.40 Å². The lowest BCUT2D eigenvalue weighted by atomic mass is 9.96. The summed E-state index contributed by atoms with van der Waals surface area (Å²) in [6.45, 7) is 5.43. The standard InChI is InChI=1S/C26H29N3O5S2/c1-3-34-25(31)21-11-13-28(14-12-21)24(30)22-6-4-5-20(17-22)18-29-15-16-35-26(29)27-36(32,33)23-9-7-19(2)8-10-23/h4-10,15-17,21H,3,11-14,18H2,1-2H3/b27-26-. The van der Waals surface area contributed by atoms with E-state index in [0.29, 0.717) is 49.4 Å². The third-order valence-electron chi connectivity index (χ3n) is 6.11. The largest absolute Gasteiger partial charge is 0.466 e. The van der Waals surface area contributed by atoms with Gasteiger partial charge < -0.3 is 14.2 Å². The Morgan fingerprint density at radius 1 is 1.11 bits per heavy atom. The molecule has 0 spiro atoms. The molecule has 10 heteroatoms. The number of carbonyl (C=O) groups excluding carboxylic acids is 2. The molecule has 1 aliphatic heterocycles. The van der Waals surface area contributed by atoms with E-state index < -0.39 is 10.0 Å². The first-order valence-electron chi connectivity index (χ1n) is 11.8. The van der Waals surface area contributed by atoms with Crippen molar-refractivity contribution in [2.75, 3.05) is 19.7 Å². The second-order valence-electron chi connectivity index (χ2n) is 8.71. The Hall–Kier alpha value is -3.24. The highest BCUT2D eigenvalue weighted by molar-refractivity contribution is 7.90. The van der Waals surface area contributed by atoms with Crippen LogP contribution in [0.25, 0.3) is 0 Å². The Kier molecular flexibility index (Phi) is 8.05. The molecule has 0 N–H and O–H groups in total. The van der Waals surface area contributed by atoms with Gasteiger partial charge in [0.1, 0.15) is 0 Å². The maximum absolute atomic E-state index is 13.1. The zero-order valence-electron chi connectivity index (χ0n) is 20.3. The van der Waals surface area contributed by atoms with E-state index in [0.717, 1.165) is 11.1 Å². The molecule has 3 aromatic rings. The molecule has 190 valence electrons. The van der Waals surface area contributed by atoms with Crippen LogP contribution in [0.2, 0.25) is 0 Å². The number of carbonyl (C=O) groups is 2. The molecule has 4 rings (SSSR count). The number of hydrogen-bond donors (Lipinski definition) is 0. The molecular weight excluding hydrogens is 498 g/mol. The Morgan fingerprint density at radius 3 is 2.53 bits per heavy atom. The molecule has 0 aliphatic carbocycles. The van der Waals surface area contributed by atoms with Gasteiger partial charge in [-0.3, -0.25) is 9.59 Å². The number of hydrogen-bond acceptors (Lipinski definition) is 6. The van der Waals surface area contributed by atoms with E-state index in [-0.39, 0.29) is 22.7 Å². The average molecular weight is 528 g/mol. The molecule has 0 unspecified atom stereocenters. The Bertz CT molecular complexity index is 1400. The third-order valence-corrected chi connectivity index (χ3v) is 8.30. The van der Waals surface area contributed by atoms with E-state index >= 15 is 0 Å². The normalized spacial score (nSPS) is 15.2. The van der Waals surface area contributed by atoms with Crippen LogP contribution in [0.15, 0.2) is 69.4 Å². The minimum atomic E-state index is -3.84. The molecule has 2 aromatic carbocycles. The lowest BCUT2D eigenvalue weighted by Gasteiger charge is -2.31. The van der Waals surface area contributed by atoms with Crippen molar-refractivity contribution >= 4 is 33.2 Å². The summed E-state index contributed by atoms with van der Waals surface area (Å²) in [5.74, 6) is -0.431. The van der Waals surface area contributed by atoms with E-state index in [1.165, 1.54) is 11.3 Å². The van der Waals surface area contributed by atoms with E-state index in [1.807, 2.05) is 25.1 Å². The molecular formula is C26H29N3O5S2. The van der Waals surface area contributed by atoms with Crippen molar-refractivity contribution < 1.29 is 22.7 Å². The SMILES string of the molecule is CCOC(=O)C1CCN(C(=O)c2cccc(Cn3ccs/c3=N\S(=O)(=O)c3ccc(C)cc3)c2)CC1. The predicted molar refractivity (Wildman–Crippen MR) is 137 cm³/mol. The summed E-state index contributed by atoms with van der Waals surface area (Å²) in [5, 5.41) is 1.78. The first-order chi connectivity index (χ1) is 17.3. The zero-order valence-corrected chi connectivity index (χ0v) is 21.9. The highest BCUT2D eigenvalue weighted by Gasteiger charge is 2.28. The van der Waals surface area contributed by atoms with Gasteiger partial charge >= 0.3 is 5.97 Å². The molecule has 0 saturated carbocycles. The van der Waals surface area contributed by atoms with Crippen LogP contribution in [-0.4, -0.2) is 49.5 Å². The monoisotopic (exact) mass is 527 g/mol. The maximum atomic E-state index is 13.1. The van der Waals surface area contributed by atoms with Gasteiger partial charge in [0.05, 0.1) is 17.4 Å². The topological polar surface area (TPSA) is 98.0 Å². The van der Waals surface area contributed by atoms with Gasteiger partial charge in [0, 0.05) is 36.8 Å². The number of aryl methyl sites for hydroxylation is 1. The number of esters is 1. The lowest BCUT2D eigenvalue weighted by molar-refractivity contribution is -0.149. The maximum Gasteiger partial charge on any atom is 0.309 e. The number of likely N-dealkylation sites (tertiary alicyclic amines) is 1. The molecule has 2 heterocycles. The van der Waals surface area contributed by atoms with Gasteiger partial charge in [0.15, 0.2) is 0 Å². The molecule has 1 saturated heterocycles. The Morgan fingerprint density at radius 2 is 1.83 bits per heavy atom. The average Bonchev–Trinajstić information content (AvgIpc) is 3.29. The van der Waals surface area contributed by atoms with Crippen molar-refractivity contribution in [3.8, 4) is 0 Å². The van der Waals surface area contributed by atoms with Crippen molar-refractivity contribution in [1.29, 1.82) is 0 Å². The molecule has 1 fully saturated rings. The molecule has 1 aliphatic rings. The number of aromatic nitrogens is 1. The predicted octanol–water partition coefficient (Wildman–Crippen LogP) is 3.61. The second kappa shape index (κ2) is 11.2. The Labute approximate surface area is 214 Å². The van der Waals surface area contributed by atoms with E-state index in [1.54, 1.807) is 58.3 Å². The number of thiazole rings is 1. The first kappa shape index (κ1) is 25.8. The van der Waals surface area contributed by atoms with Gasteiger partial charge in [0.2, 0.25) is 4.80 Å². The first-order valence-corrected chi connectivity index (χ1v) is 14.2. The molecule has 0 atom stereocenters. The molecule has 36 heavy (non-hydrogen) atoms. The van der Waals surface area contributed by atoms with Crippen molar-refractivity contribution in [3.63, 3.8) is 0 Å². The van der Waals surface area contributed by atoms with Crippen LogP contribution in [0.1, 0.15) is 41.3 Å². The van der Waals surface area contributed by atoms with Crippen molar-refractivity contribution in [2.24, 2.45) is 10.3 Å². The van der Waals surface area contributed by atoms with Crippen LogP contribution in [0.5, 0.6) is 0 Å². The minimum absolute atomic E-state index is 0.0821. The summed E-state index contributed by atoms with van der Waals surface area (Å²) in [6, 6.07) is 13.9. The van der Waals surface area contributed by atoms with Gasteiger partial charge in [-0.15, -0.1) is 15.7 Å². The number of amides is 1. The summed E-state index contributed by atoms with van der Waals surface area (Å²) in [6.07, 6.45) is 2.97. The fourth-order valence-corrected chi connectivity index (χ4v) is 6.07. The van der Waals surface area contributed by atoms with Crippen molar-refractivity contribution in [2.45, 2.75) is 38.1 Å². The second-order valence-corrected chi connectivity index (χ2v) is 11.2. The number of benzene rings is 2. The van der Waals surface area contributed by atoms with Crippen LogP contribution in [-0.2, 0) is 26.1 Å². The van der Waals surface area contributed by atoms with Crippen LogP contribution in [0.3, 0.4) is 0 Å². The molecule has 8 nitrogen and oxygen atoms in total. The zero-order chi connectivity index (χ0) is 25.7. The number of rotatable bonds is 7. The van der Waals surface area contributed by atoms with Crippen LogP contribution in [0, 0.1) is 12.8 Å². The summed E-state index contributed by atoms with van der Waals surface area (Å²) in [7, 11) is -3.84. The Balaban J connectivity index is 1.48. The van der Waals surface area contributed by atoms with Crippen LogP contribution in [0.4, 0.5) is 0 Å². The van der Waals surface area contributed by atoms with Gasteiger partial charge in [-0.05, 0) is 56.5 Å². The van der Waals surface area contributed by atoms with E-state index in [4.69, 9.17) is 4.74 Å². The quantitative estimate of drug-likeness (QED) is 0.437. The molecule has 1 aromatic heterocycles. The number of piperidine rings is 1. The summed E-state index contributed by atoms with van der Waals surface area (Å²) < 4.78 is 36.5. The molecule has 0 bridgehead atoms. The van der Waals surface area contributed by atoms with Crippen LogP contribution >= 0.6 is 11.3 Å². The summed E-state index contributed by atoms with van der Waals surface area (Å²) >= 11 is 1.24. The summed E-state index contributed by atoms with van der Waals surface area (Å²) in [5.41, 5.74) is 2.39. The van der Waals surface area contributed by atoms with Crippen molar-refractivity contribution in [1.82, 2.24) is 9.47 Å². The fourth-order valence-electron chi connectivity index (χ4n) is 4.12. The van der Waals surface area contributed by atoms with Crippen molar-refractivity contribution in [3.05, 3.63) is 81.6 Å². The number of nitrogens with zero attached hydrogens (tertiary/aromatic N) is 3. The number of sulfonamides is 1.